The highest BCUT2D eigenvalue weighted by Crippen LogP contribution is 1.99. The average Bonchev–Trinajstić information content (AvgIpc) is 2.44. The molecule has 1 fully saturated rings. The Labute approximate surface area is 121 Å². The van der Waals surface area contributed by atoms with Gasteiger partial charge < -0.3 is 20.3 Å². The average molecular weight is 285 g/mol. The van der Waals surface area contributed by atoms with Crippen LogP contribution in [0.25, 0.3) is 0 Å². The molecule has 1 unspecified atom stereocenters. The number of carbonyl (C=O) groups is 2. The summed E-state index contributed by atoms with van der Waals surface area (Å²) in [6.45, 7) is 7.49. The second-order valence-corrected chi connectivity index (χ2v) is 5.18. The molecule has 0 saturated carbocycles. The second-order valence-electron chi connectivity index (χ2n) is 5.18. The largest absolute Gasteiger partial charge is 0.378 e. The van der Waals surface area contributed by atoms with E-state index in [1.54, 1.807) is 0 Å². The smallest absolute Gasteiger partial charge is 0.234 e. The Balaban J connectivity index is 2.05. The molecule has 0 aromatic heterocycles. The molecule has 0 bridgehead atoms. The minimum Gasteiger partial charge on any atom is -0.378 e. The first kappa shape index (κ1) is 16.9. The van der Waals surface area contributed by atoms with Crippen LogP contribution in [-0.4, -0.2) is 62.1 Å². The summed E-state index contributed by atoms with van der Waals surface area (Å²) in [5.41, 5.74) is 0. The van der Waals surface area contributed by atoms with Crippen molar-refractivity contribution in [2.45, 2.75) is 39.2 Å². The molecule has 1 heterocycles. The van der Waals surface area contributed by atoms with Crippen molar-refractivity contribution in [3.05, 3.63) is 0 Å². The number of carbonyl (C=O) groups excluding carboxylic acids is 2. The van der Waals surface area contributed by atoms with Crippen molar-refractivity contribution in [3.8, 4) is 0 Å². The van der Waals surface area contributed by atoms with Crippen LogP contribution in [0, 0.1) is 0 Å². The zero-order chi connectivity index (χ0) is 14.8. The van der Waals surface area contributed by atoms with Crippen LogP contribution in [0.15, 0.2) is 0 Å². The lowest BCUT2D eigenvalue weighted by molar-refractivity contribution is -0.135. The lowest BCUT2D eigenvalue weighted by Gasteiger charge is -2.26. The molecule has 6 nitrogen and oxygen atoms in total. The van der Waals surface area contributed by atoms with E-state index in [0.717, 1.165) is 12.8 Å². The Morgan fingerprint density at radius 3 is 2.65 bits per heavy atom. The Bertz CT molecular complexity index is 304. The summed E-state index contributed by atoms with van der Waals surface area (Å²) in [6.07, 6.45) is 2.47. The summed E-state index contributed by atoms with van der Waals surface area (Å²) >= 11 is 0. The summed E-state index contributed by atoms with van der Waals surface area (Å²) < 4.78 is 5.20. The summed E-state index contributed by atoms with van der Waals surface area (Å²) in [5.74, 6) is 0.116. The van der Waals surface area contributed by atoms with Crippen molar-refractivity contribution < 1.29 is 14.3 Å². The summed E-state index contributed by atoms with van der Waals surface area (Å²) in [6, 6.07) is 0.212. The second kappa shape index (κ2) is 9.72. The molecular weight excluding hydrogens is 258 g/mol. The van der Waals surface area contributed by atoms with Gasteiger partial charge in [0.1, 0.15) is 0 Å². The van der Waals surface area contributed by atoms with Crippen molar-refractivity contribution in [1.29, 1.82) is 0 Å². The van der Waals surface area contributed by atoms with Gasteiger partial charge in [0, 0.05) is 32.1 Å². The Morgan fingerprint density at radius 1 is 1.30 bits per heavy atom. The van der Waals surface area contributed by atoms with Crippen LogP contribution in [0.4, 0.5) is 0 Å². The fourth-order valence-electron chi connectivity index (χ4n) is 2.20. The minimum atomic E-state index is -0.00947. The van der Waals surface area contributed by atoms with Gasteiger partial charge in [-0.15, -0.1) is 0 Å². The third-order valence-electron chi connectivity index (χ3n) is 3.29. The molecule has 0 radical (unpaired) electrons. The van der Waals surface area contributed by atoms with E-state index in [4.69, 9.17) is 4.74 Å². The number of hydrogen-bond donors (Lipinski definition) is 2. The van der Waals surface area contributed by atoms with Crippen LogP contribution < -0.4 is 10.6 Å². The molecule has 2 N–H and O–H groups in total. The van der Waals surface area contributed by atoms with Gasteiger partial charge in [0.25, 0.3) is 0 Å². The van der Waals surface area contributed by atoms with E-state index in [9.17, 15) is 9.59 Å². The Morgan fingerprint density at radius 2 is 2.00 bits per heavy atom. The van der Waals surface area contributed by atoms with Crippen LogP contribution in [-0.2, 0) is 14.3 Å². The van der Waals surface area contributed by atoms with Crippen LogP contribution in [0.1, 0.15) is 33.1 Å². The Kier molecular flexibility index (Phi) is 8.22. The number of amides is 2. The number of nitrogens with zero attached hydrogens (tertiary/aromatic N) is 1. The molecule has 2 amide bonds. The highest BCUT2D eigenvalue weighted by Gasteiger charge is 2.16. The minimum absolute atomic E-state index is 0.00947. The number of morpholine rings is 1. The van der Waals surface area contributed by atoms with Crippen LogP contribution >= 0.6 is 0 Å². The van der Waals surface area contributed by atoms with Gasteiger partial charge in [0.15, 0.2) is 0 Å². The van der Waals surface area contributed by atoms with Crippen molar-refractivity contribution in [2.24, 2.45) is 0 Å². The van der Waals surface area contributed by atoms with Crippen molar-refractivity contribution in [1.82, 2.24) is 15.5 Å². The maximum Gasteiger partial charge on any atom is 0.234 e. The summed E-state index contributed by atoms with van der Waals surface area (Å²) in [7, 11) is 0. The molecule has 1 atom stereocenters. The van der Waals surface area contributed by atoms with Gasteiger partial charge >= 0.3 is 0 Å². The molecule has 0 aliphatic carbocycles. The molecule has 1 aliphatic heterocycles. The SMILES string of the molecule is CCCC(C)NC(=O)CNCCC(=O)N1CCOCC1. The third kappa shape index (κ3) is 6.86. The van der Waals surface area contributed by atoms with E-state index in [1.165, 1.54) is 0 Å². The number of ether oxygens (including phenoxy) is 1. The summed E-state index contributed by atoms with van der Waals surface area (Å²) in [4.78, 5) is 25.2. The van der Waals surface area contributed by atoms with Gasteiger partial charge in [-0.3, -0.25) is 9.59 Å². The lowest BCUT2D eigenvalue weighted by Crippen LogP contribution is -2.43. The molecule has 0 aromatic carbocycles. The molecule has 6 heteroatoms. The van der Waals surface area contributed by atoms with Gasteiger partial charge in [-0.05, 0) is 13.3 Å². The van der Waals surface area contributed by atoms with Crippen LogP contribution in [0.2, 0.25) is 0 Å². The molecule has 20 heavy (non-hydrogen) atoms. The van der Waals surface area contributed by atoms with Crippen LogP contribution in [0.3, 0.4) is 0 Å². The number of nitrogens with one attached hydrogen (secondary N) is 2. The fourth-order valence-corrected chi connectivity index (χ4v) is 2.20. The van der Waals surface area contributed by atoms with Gasteiger partial charge in [-0.1, -0.05) is 13.3 Å². The normalized spacial score (nSPS) is 16.8. The van der Waals surface area contributed by atoms with E-state index < -0.39 is 0 Å². The van der Waals surface area contributed by atoms with Gasteiger partial charge in [-0.2, -0.15) is 0 Å². The van der Waals surface area contributed by atoms with Gasteiger partial charge in [-0.25, -0.2) is 0 Å². The van der Waals surface area contributed by atoms with E-state index in [-0.39, 0.29) is 24.4 Å². The fraction of sp³-hybridized carbons (Fsp3) is 0.857. The monoisotopic (exact) mass is 285 g/mol. The molecule has 0 aromatic rings. The topological polar surface area (TPSA) is 70.7 Å². The zero-order valence-electron chi connectivity index (χ0n) is 12.6. The van der Waals surface area contributed by atoms with Crippen molar-refractivity contribution in [2.75, 3.05) is 39.4 Å². The molecule has 1 rings (SSSR count). The van der Waals surface area contributed by atoms with Crippen molar-refractivity contribution >= 4 is 11.8 Å². The predicted molar refractivity (Wildman–Crippen MR) is 77.4 cm³/mol. The van der Waals surface area contributed by atoms with E-state index in [2.05, 4.69) is 17.6 Å². The van der Waals surface area contributed by atoms with E-state index >= 15 is 0 Å². The highest BCUT2D eigenvalue weighted by atomic mass is 16.5. The maximum atomic E-state index is 11.8. The quantitative estimate of drug-likeness (QED) is 0.622. The van der Waals surface area contributed by atoms with E-state index in [0.29, 0.717) is 39.3 Å². The predicted octanol–water partition coefficient (Wildman–Crippen LogP) is 0.130. The molecule has 1 aliphatic rings. The first-order valence-corrected chi connectivity index (χ1v) is 7.49. The number of hydrogen-bond acceptors (Lipinski definition) is 4. The van der Waals surface area contributed by atoms with Gasteiger partial charge in [0.2, 0.25) is 11.8 Å². The maximum absolute atomic E-state index is 11.8. The van der Waals surface area contributed by atoms with Gasteiger partial charge in [0.05, 0.1) is 19.8 Å². The first-order valence-electron chi connectivity index (χ1n) is 7.49. The Hall–Kier alpha value is -1.14. The first-order chi connectivity index (χ1) is 9.63. The lowest BCUT2D eigenvalue weighted by atomic mass is 10.2. The standard InChI is InChI=1S/C14H27N3O3/c1-3-4-12(2)16-13(18)11-15-6-5-14(19)17-7-9-20-10-8-17/h12,15H,3-11H2,1-2H3,(H,16,18). The van der Waals surface area contributed by atoms with E-state index in [1.807, 2.05) is 11.8 Å². The van der Waals surface area contributed by atoms with Crippen molar-refractivity contribution in [3.63, 3.8) is 0 Å². The molecular formula is C14H27N3O3. The third-order valence-corrected chi connectivity index (χ3v) is 3.29. The zero-order valence-corrected chi connectivity index (χ0v) is 12.6. The molecule has 1 saturated heterocycles. The summed E-state index contributed by atoms with van der Waals surface area (Å²) in [5, 5.41) is 5.93. The molecule has 0 spiro atoms. The highest BCUT2D eigenvalue weighted by molar-refractivity contribution is 5.78. The molecule has 116 valence electrons. The number of rotatable bonds is 8. The van der Waals surface area contributed by atoms with Crippen LogP contribution in [0.5, 0.6) is 0 Å².